The van der Waals surface area contributed by atoms with Crippen LogP contribution in [-0.4, -0.2) is 15.8 Å². The van der Waals surface area contributed by atoms with Crippen molar-refractivity contribution in [2.24, 2.45) is 7.05 Å². The zero-order valence-corrected chi connectivity index (χ0v) is 8.90. The Morgan fingerprint density at radius 2 is 2.27 bits per heavy atom. The highest BCUT2D eigenvalue weighted by Crippen LogP contribution is 2.26. The van der Waals surface area contributed by atoms with Crippen molar-refractivity contribution in [1.82, 2.24) is 9.55 Å². The maximum Gasteiger partial charge on any atom is 0.152 e. The van der Waals surface area contributed by atoms with Crippen molar-refractivity contribution >= 4 is 17.9 Å². The van der Waals surface area contributed by atoms with Crippen molar-refractivity contribution in [2.75, 3.05) is 0 Å². The third kappa shape index (κ3) is 1.78. The molecule has 0 aliphatic rings. The molecule has 0 fully saturated rings. The second kappa shape index (κ2) is 3.87. The van der Waals surface area contributed by atoms with Gasteiger partial charge in [0.1, 0.15) is 0 Å². The number of aryl methyl sites for hydroxylation is 1. The highest BCUT2D eigenvalue weighted by atomic mass is 35.5. The molecule has 0 atom stereocenters. The minimum absolute atomic E-state index is 0.452. The standard InChI is InChI=1S/C11H9ClN2O/c1-14-5-11(13-7-14)8-3-2-4-10(12)9(8)6-15/h2-7H,1H3. The number of imidazole rings is 1. The molecule has 15 heavy (non-hydrogen) atoms. The molecule has 76 valence electrons. The smallest absolute Gasteiger partial charge is 0.152 e. The second-order valence-electron chi connectivity index (χ2n) is 3.24. The third-order valence-electron chi connectivity index (χ3n) is 2.15. The summed E-state index contributed by atoms with van der Waals surface area (Å²) < 4.78 is 1.82. The summed E-state index contributed by atoms with van der Waals surface area (Å²) in [6.45, 7) is 0. The molecule has 0 bridgehead atoms. The lowest BCUT2D eigenvalue weighted by Gasteiger charge is -2.02. The lowest BCUT2D eigenvalue weighted by molar-refractivity contribution is 0.112. The van der Waals surface area contributed by atoms with Gasteiger partial charge in [0, 0.05) is 24.4 Å². The molecule has 1 heterocycles. The SMILES string of the molecule is Cn1cnc(-c2cccc(Cl)c2C=O)c1. The minimum Gasteiger partial charge on any atom is -0.340 e. The monoisotopic (exact) mass is 220 g/mol. The number of carbonyl (C=O) groups excluding carboxylic acids is 1. The van der Waals surface area contributed by atoms with E-state index in [1.54, 1.807) is 18.5 Å². The first kappa shape index (κ1) is 9.93. The molecule has 0 unspecified atom stereocenters. The van der Waals surface area contributed by atoms with Gasteiger partial charge in [0.2, 0.25) is 0 Å². The van der Waals surface area contributed by atoms with Gasteiger partial charge in [0.05, 0.1) is 17.0 Å². The van der Waals surface area contributed by atoms with E-state index in [4.69, 9.17) is 11.6 Å². The van der Waals surface area contributed by atoms with Gasteiger partial charge in [-0.2, -0.15) is 0 Å². The number of carbonyl (C=O) groups is 1. The van der Waals surface area contributed by atoms with Gasteiger partial charge in [0.15, 0.2) is 6.29 Å². The molecule has 0 saturated heterocycles. The predicted molar refractivity (Wildman–Crippen MR) is 59.0 cm³/mol. The van der Waals surface area contributed by atoms with Crippen molar-refractivity contribution in [3.63, 3.8) is 0 Å². The van der Waals surface area contributed by atoms with Gasteiger partial charge in [-0.15, -0.1) is 0 Å². The lowest BCUT2D eigenvalue weighted by atomic mass is 10.1. The molecule has 0 saturated carbocycles. The fraction of sp³-hybridized carbons (Fsp3) is 0.0909. The molecule has 0 radical (unpaired) electrons. The molecule has 0 aliphatic heterocycles. The van der Waals surface area contributed by atoms with Crippen LogP contribution in [-0.2, 0) is 7.05 Å². The molecule has 2 rings (SSSR count). The Bertz CT molecular complexity index is 505. The molecule has 0 amide bonds. The summed E-state index contributed by atoms with van der Waals surface area (Å²) >= 11 is 5.92. The van der Waals surface area contributed by atoms with E-state index in [1.807, 2.05) is 23.9 Å². The number of rotatable bonds is 2. The predicted octanol–water partition coefficient (Wildman–Crippen LogP) is 2.55. The van der Waals surface area contributed by atoms with Crippen LogP contribution in [0.15, 0.2) is 30.7 Å². The molecule has 2 aromatic rings. The van der Waals surface area contributed by atoms with Crippen LogP contribution in [0.5, 0.6) is 0 Å². The van der Waals surface area contributed by atoms with Crippen LogP contribution in [0, 0.1) is 0 Å². The van der Waals surface area contributed by atoms with Gasteiger partial charge in [-0.25, -0.2) is 4.98 Å². The number of aldehydes is 1. The number of nitrogens with zero attached hydrogens (tertiary/aromatic N) is 2. The molecule has 0 aliphatic carbocycles. The molecule has 1 aromatic heterocycles. The van der Waals surface area contributed by atoms with Crippen LogP contribution >= 0.6 is 11.6 Å². The largest absolute Gasteiger partial charge is 0.340 e. The highest BCUT2D eigenvalue weighted by molar-refractivity contribution is 6.33. The maximum atomic E-state index is 10.9. The van der Waals surface area contributed by atoms with Crippen molar-refractivity contribution < 1.29 is 4.79 Å². The summed E-state index contributed by atoms with van der Waals surface area (Å²) in [6, 6.07) is 5.33. The summed E-state index contributed by atoms with van der Waals surface area (Å²) in [4.78, 5) is 15.1. The van der Waals surface area contributed by atoms with Crippen molar-refractivity contribution in [1.29, 1.82) is 0 Å². The number of aromatic nitrogens is 2. The molecular formula is C11H9ClN2O. The Morgan fingerprint density at radius 3 is 2.87 bits per heavy atom. The van der Waals surface area contributed by atoms with Crippen molar-refractivity contribution in [3.8, 4) is 11.3 Å². The Hall–Kier alpha value is -1.61. The first-order valence-corrected chi connectivity index (χ1v) is 4.82. The average molecular weight is 221 g/mol. The lowest BCUT2D eigenvalue weighted by Crippen LogP contribution is -1.88. The Kier molecular flexibility index (Phi) is 2.56. The van der Waals surface area contributed by atoms with Gasteiger partial charge in [-0.05, 0) is 6.07 Å². The topological polar surface area (TPSA) is 34.9 Å². The van der Waals surface area contributed by atoms with Crippen molar-refractivity contribution in [2.45, 2.75) is 0 Å². The van der Waals surface area contributed by atoms with Crippen molar-refractivity contribution in [3.05, 3.63) is 41.3 Å². The fourth-order valence-corrected chi connectivity index (χ4v) is 1.65. The first-order chi connectivity index (χ1) is 7.22. The van der Waals surface area contributed by atoms with E-state index in [-0.39, 0.29) is 0 Å². The van der Waals surface area contributed by atoms with E-state index in [0.29, 0.717) is 10.6 Å². The van der Waals surface area contributed by atoms with E-state index in [0.717, 1.165) is 17.5 Å². The van der Waals surface area contributed by atoms with Gasteiger partial charge < -0.3 is 4.57 Å². The molecular weight excluding hydrogens is 212 g/mol. The Morgan fingerprint density at radius 1 is 1.47 bits per heavy atom. The summed E-state index contributed by atoms with van der Waals surface area (Å²) in [5.41, 5.74) is 2.00. The van der Waals surface area contributed by atoms with Gasteiger partial charge in [-0.3, -0.25) is 4.79 Å². The zero-order valence-electron chi connectivity index (χ0n) is 8.14. The van der Waals surface area contributed by atoms with E-state index >= 15 is 0 Å². The number of halogens is 1. The van der Waals surface area contributed by atoms with E-state index in [2.05, 4.69) is 4.98 Å². The van der Waals surface area contributed by atoms with Crippen LogP contribution in [0.2, 0.25) is 5.02 Å². The molecule has 4 heteroatoms. The minimum atomic E-state index is 0.452. The normalized spacial score (nSPS) is 10.3. The molecule has 0 N–H and O–H groups in total. The summed E-state index contributed by atoms with van der Waals surface area (Å²) in [6.07, 6.45) is 4.29. The van der Waals surface area contributed by atoms with E-state index in [9.17, 15) is 4.79 Å². The fourth-order valence-electron chi connectivity index (χ4n) is 1.43. The summed E-state index contributed by atoms with van der Waals surface area (Å²) in [7, 11) is 1.88. The number of hydrogen-bond donors (Lipinski definition) is 0. The second-order valence-corrected chi connectivity index (χ2v) is 3.65. The van der Waals surface area contributed by atoms with E-state index in [1.165, 1.54) is 0 Å². The molecule has 3 nitrogen and oxygen atoms in total. The average Bonchev–Trinajstić information content (AvgIpc) is 2.64. The summed E-state index contributed by atoms with van der Waals surface area (Å²) in [5.74, 6) is 0. The highest BCUT2D eigenvalue weighted by Gasteiger charge is 2.09. The van der Waals surface area contributed by atoms with Crippen LogP contribution in [0.4, 0.5) is 0 Å². The van der Waals surface area contributed by atoms with Gasteiger partial charge in [0.25, 0.3) is 0 Å². The van der Waals surface area contributed by atoms with Gasteiger partial charge in [-0.1, -0.05) is 23.7 Å². The quantitative estimate of drug-likeness (QED) is 0.729. The van der Waals surface area contributed by atoms with Gasteiger partial charge >= 0.3 is 0 Å². The first-order valence-electron chi connectivity index (χ1n) is 4.44. The third-order valence-corrected chi connectivity index (χ3v) is 2.48. The Labute approximate surface area is 92.3 Å². The number of hydrogen-bond acceptors (Lipinski definition) is 2. The summed E-state index contributed by atoms with van der Waals surface area (Å²) in [5, 5.41) is 0.452. The van der Waals surface area contributed by atoms with Crippen LogP contribution in [0.3, 0.4) is 0 Å². The van der Waals surface area contributed by atoms with Crippen LogP contribution in [0.25, 0.3) is 11.3 Å². The molecule has 1 aromatic carbocycles. The van der Waals surface area contributed by atoms with Crippen LogP contribution in [0.1, 0.15) is 10.4 Å². The van der Waals surface area contributed by atoms with E-state index < -0.39 is 0 Å². The molecule has 0 spiro atoms. The maximum absolute atomic E-state index is 10.9. The number of benzene rings is 1. The zero-order chi connectivity index (χ0) is 10.8. The Balaban J connectivity index is 2.62. The van der Waals surface area contributed by atoms with Crippen LogP contribution < -0.4 is 0 Å².